The Labute approximate surface area is 110 Å². The van der Waals surface area contributed by atoms with Gasteiger partial charge < -0.3 is 5.32 Å². The molecule has 1 aromatic rings. The Balaban J connectivity index is 1.76. The number of aryl methyl sites for hydroxylation is 1. The molecule has 0 aromatic carbocycles. The number of nitrogens with one attached hydrogen (secondary N) is 1. The van der Waals surface area contributed by atoms with E-state index in [0.29, 0.717) is 0 Å². The van der Waals surface area contributed by atoms with E-state index in [1.807, 2.05) is 4.68 Å². The lowest BCUT2D eigenvalue weighted by molar-refractivity contribution is 0.170. The average molecular weight is 251 g/mol. The van der Waals surface area contributed by atoms with Crippen molar-refractivity contribution in [2.45, 2.75) is 39.8 Å². The second kappa shape index (κ2) is 6.85. The molecule has 2 heterocycles. The third-order valence-corrected chi connectivity index (χ3v) is 3.75. The molecular formula is C13H25N5. The van der Waals surface area contributed by atoms with Gasteiger partial charge in [0.05, 0.1) is 6.54 Å². The summed E-state index contributed by atoms with van der Waals surface area (Å²) < 4.78 is 1.99. The third kappa shape index (κ3) is 3.53. The summed E-state index contributed by atoms with van der Waals surface area (Å²) in [5, 5.41) is 7.68. The molecule has 0 bridgehead atoms. The van der Waals surface area contributed by atoms with Gasteiger partial charge in [-0.05, 0) is 51.9 Å². The zero-order valence-electron chi connectivity index (χ0n) is 11.6. The van der Waals surface area contributed by atoms with Gasteiger partial charge in [0.1, 0.15) is 12.2 Å². The number of aromatic nitrogens is 3. The zero-order valence-corrected chi connectivity index (χ0v) is 11.6. The van der Waals surface area contributed by atoms with Crippen LogP contribution in [0.1, 0.15) is 32.5 Å². The summed E-state index contributed by atoms with van der Waals surface area (Å²) in [5.41, 5.74) is 0. The van der Waals surface area contributed by atoms with Crippen LogP contribution in [0.5, 0.6) is 0 Å². The molecule has 1 saturated heterocycles. The van der Waals surface area contributed by atoms with Crippen LogP contribution in [-0.2, 0) is 13.1 Å². The van der Waals surface area contributed by atoms with Crippen molar-refractivity contribution in [3.63, 3.8) is 0 Å². The number of hydrogen-bond acceptors (Lipinski definition) is 4. The van der Waals surface area contributed by atoms with Crippen LogP contribution in [0.15, 0.2) is 6.33 Å². The van der Waals surface area contributed by atoms with Gasteiger partial charge >= 0.3 is 0 Å². The van der Waals surface area contributed by atoms with Crippen LogP contribution < -0.4 is 5.32 Å². The number of hydrogen-bond donors (Lipinski definition) is 1. The van der Waals surface area contributed by atoms with Crippen LogP contribution in [0.4, 0.5) is 0 Å². The van der Waals surface area contributed by atoms with Crippen LogP contribution >= 0.6 is 0 Å². The Morgan fingerprint density at radius 2 is 2.11 bits per heavy atom. The highest BCUT2D eigenvalue weighted by atomic mass is 15.3. The fourth-order valence-electron chi connectivity index (χ4n) is 2.57. The molecule has 0 spiro atoms. The fourth-order valence-corrected chi connectivity index (χ4v) is 2.57. The summed E-state index contributed by atoms with van der Waals surface area (Å²) in [6, 6.07) is 0. The minimum atomic E-state index is 0.852. The summed E-state index contributed by atoms with van der Waals surface area (Å²) in [6.07, 6.45) is 4.26. The molecule has 102 valence electrons. The Bertz CT molecular complexity index is 341. The van der Waals surface area contributed by atoms with Gasteiger partial charge in [-0.3, -0.25) is 4.90 Å². The first-order chi connectivity index (χ1) is 8.83. The second-order valence-corrected chi connectivity index (χ2v) is 5.02. The topological polar surface area (TPSA) is 46.0 Å². The third-order valence-electron chi connectivity index (χ3n) is 3.75. The average Bonchev–Trinajstić information content (AvgIpc) is 2.85. The highest BCUT2D eigenvalue weighted by Crippen LogP contribution is 2.17. The predicted octanol–water partition coefficient (Wildman–Crippen LogP) is 1.12. The number of rotatable bonds is 6. The van der Waals surface area contributed by atoms with Crippen molar-refractivity contribution in [3.05, 3.63) is 12.2 Å². The molecule has 0 saturated carbocycles. The first kappa shape index (κ1) is 13.5. The van der Waals surface area contributed by atoms with Crippen molar-refractivity contribution in [1.82, 2.24) is 25.0 Å². The molecule has 5 nitrogen and oxygen atoms in total. The molecule has 18 heavy (non-hydrogen) atoms. The molecule has 5 heteroatoms. The van der Waals surface area contributed by atoms with E-state index in [1.165, 1.54) is 32.5 Å². The fraction of sp³-hybridized carbons (Fsp3) is 0.846. The van der Waals surface area contributed by atoms with E-state index in [0.717, 1.165) is 31.4 Å². The minimum Gasteiger partial charge on any atom is -0.317 e. The lowest BCUT2D eigenvalue weighted by atomic mass is 9.97. The van der Waals surface area contributed by atoms with Crippen LogP contribution in [-0.4, -0.2) is 45.8 Å². The number of likely N-dealkylation sites (tertiary alicyclic amines) is 1. The number of piperidine rings is 1. The summed E-state index contributed by atoms with van der Waals surface area (Å²) in [5.74, 6) is 1.95. The Hall–Kier alpha value is -0.940. The van der Waals surface area contributed by atoms with Gasteiger partial charge in [0.15, 0.2) is 0 Å². The van der Waals surface area contributed by atoms with Crippen LogP contribution in [0.25, 0.3) is 0 Å². The van der Waals surface area contributed by atoms with E-state index in [4.69, 9.17) is 0 Å². The summed E-state index contributed by atoms with van der Waals surface area (Å²) in [6.45, 7) is 10.8. The van der Waals surface area contributed by atoms with Crippen molar-refractivity contribution in [2.24, 2.45) is 5.92 Å². The van der Waals surface area contributed by atoms with E-state index < -0.39 is 0 Å². The lowest BCUT2D eigenvalue weighted by Gasteiger charge is -2.31. The molecule has 1 fully saturated rings. The highest BCUT2D eigenvalue weighted by molar-refractivity contribution is 4.86. The van der Waals surface area contributed by atoms with Gasteiger partial charge in [0.25, 0.3) is 0 Å². The maximum atomic E-state index is 4.35. The molecule has 2 rings (SSSR count). The maximum Gasteiger partial charge on any atom is 0.140 e. The Morgan fingerprint density at radius 1 is 1.33 bits per heavy atom. The molecule has 0 unspecified atom stereocenters. The molecule has 1 aliphatic rings. The first-order valence-electron chi connectivity index (χ1n) is 7.13. The van der Waals surface area contributed by atoms with E-state index in [-0.39, 0.29) is 0 Å². The van der Waals surface area contributed by atoms with Gasteiger partial charge in [0.2, 0.25) is 0 Å². The quantitative estimate of drug-likeness (QED) is 0.823. The summed E-state index contributed by atoms with van der Waals surface area (Å²) in [7, 11) is 0. The number of nitrogens with zero attached hydrogens (tertiary/aromatic N) is 4. The van der Waals surface area contributed by atoms with Crippen LogP contribution in [0.2, 0.25) is 0 Å². The molecule has 0 radical (unpaired) electrons. The van der Waals surface area contributed by atoms with Crippen LogP contribution in [0, 0.1) is 5.92 Å². The van der Waals surface area contributed by atoms with Gasteiger partial charge in [-0.25, -0.2) is 9.67 Å². The molecule has 0 amide bonds. The van der Waals surface area contributed by atoms with Crippen molar-refractivity contribution >= 4 is 0 Å². The normalized spacial score (nSPS) is 18.3. The summed E-state index contributed by atoms with van der Waals surface area (Å²) >= 11 is 0. The van der Waals surface area contributed by atoms with Gasteiger partial charge in [-0.15, -0.1) is 0 Å². The lowest BCUT2D eigenvalue weighted by Crippen LogP contribution is -2.37. The second-order valence-electron chi connectivity index (χ2n) is 5.02. The molecule has 1 aliphatic heterocycles. The SMILES string of the molecule is CCNCC1CCN(Cc2ncnn2CC)CC1. The van der Waals surface area contributed by atoms with E-state index in [9.17, 15) is 0 Å². The van der Waals surface area contributed by atoms with Crippen molar-refractivity contribution < 1.29 is 0 Å². The zero-order chi connectivity index (χ0) is 12.8. The molecule has 1 aromatic heterocycles. The molecule has 1 N–H and O–H groups in total. The maximum absolute atomic E-state index is 4.35. The van der Waals surface area contributed by atoms with Gasteiger partial charge in [-0.1, -0.05) is 6.92 Å². The van der Waals surface area contributed by atoms with E-state index in [1.54, 1.807) is 6.33 Å². The minimum absolute atomic E-state index is 0.852. The molecule has 0 atom stereocenters. The van der Waals surface area contributed by atoms with Crippen molar-refractivity contribution in [2.75, 3.05) is 26.2 Å². The largest absolute Gasteiger partial charge is 0.317 e. The van der Waals surface area contributed by atoms with Gasteiger partial charge in [0, 0.05) is 6.54 Å². The smallest absolute Gasteiger partial charge is 0.140 e. The summed E-state index contributed by atoms with van der Waals surface area (Å²) in [4.78, 5) is 6.85. The Morgan fingerprint density at radius 3 is 2.78 bits per heavy atom. The molecule has 0 aliphatic carbocycles. The van der Waals surface area contributed by atoms with Gasteiger partial charge in [-0.2, -0.15) is 5.10 Å². The predicted molar refractivity (Wildman–Crippen MR) is 72.2 cm³/mol. The monoisotopic (exact) mass is 251 g/mol. The standard InChI is InChI=1S/C13H25N5/c1-3-14-9-12-5-7-17(8-6-12)10-13-15-11-16-18(13)4-2/h11-12,14H,3-10H2,1-2H3. The van der Waals surface area contributed by atoms with E-state index >= 15 is 0 Å². The first-order valence-corrected chi connectivity index (χ1v) is 7.13. The molecular weight excluding hydrogens is 226 g/mol. The van der Waals surface area contributed by atoms with Crippen molar-refractivity contribution in [3.8, 4) is 0 Å². The highest BCUT2D eigenvalue weighted by Gasteiger charge is 2.19. The van der Waals surface area contributed by atoms with E-state index in [2.05, 4.69) is 34.1 Å². The Kier molecular flexibility index (Phi) is 5.13. The van der Waals surface area contributed by atoms with Crippen LogP contribution in [0.3, 0.4) is 0 Å². The van der Waals surface area contributed by atoms with Crippen molar-refractivity contribution in [1.29, 1.82) is 0 Å².